The predicted molar refractivity (Wildman–Crippen MR) is 95.5 cm³/mol. The first-order chi connectivity index (χ1) is 13.1. The van der Waals surface area contributed by atoms with Gasteiger partial charge in [0.15, 0.2) is 5.65 Å². The average Bonchev–Trinajstić information content (AvgIpc) is 3.29. The maximum Gasteiger partial charge on any atom is 0.170 e. The van der Waals surface area contributed by atoms with Crippen molar-refractivity contribution in [3.05, 3.63) is 65.7 Å². The molecule has 0 spiro atoms. The fraction of sp³-hybridized carbons (Fsp3) is 0.211. The molecule has 138 valence electrons. The van der Waals surface area contributed by atoms with Crippen molar-refractivity contribution in [3.63, 3.8) is 0 Å². The van der Waals surface area contributed by atoms with Gasteiger partial charge in [-0.05, 0) is 31.0 Å². The van der Waals surface area contributed by atoms with Crippen molar-refractivity contribution in [2.75, 3.05) is 7.11 Å². The van der Waals surface area contributed by atoms with E-state index in [0.29, 0.717) is 24.1 Å². The first-order valence-corrected chi connectivity index (χ1v) is 8.40. The maximum absolute atomic E-state index is 14.2. The van der Waals surface area contributed by atoms with E-state index in [0.717, 1.165) is 23.0 Å². The number of aromatic nitrogens is 5. The zero-order valence-electron chi connectivity index (χ0n) is 14.9. The Morgan fingerprint density at radius 3 is 2.70 bits per heavy atom. The van der Waals surface area contributed by atoms with E-state index >= 15 is 0 Å². The summed E-state index contributed by atoms with van der Waals surface area (Å²) < 4.78 is 36.3. The van der Waals surface area contributed by atoms with Gasteiger partial charge in [0, 0.05) is 42.2 Å². The fourth-order valence-corrected chi connectivity index (χ4v) is 3.26. The van der Waals surface area contributed by atoms with Crippen molar-refractivity contribution in [2.45, 2.75) is 12.8 Å². The molecule has 6 nitrogen and oxygen atoms in total. The van der Waals surface area contributed by atoms with Gasteiger partial charge in [-0.1, -0.05) is 0 Å². The van der Waals surface area contributed by atoms with E-state index in [1.165, 1.54) is 13.2 Å². The Balaban J connectivity index is 1.69. The quantitative estimate of drug-likeness (QED) is 0.542. The van der Waals surface area contributed by atoms with Crippen LogP contribution in [0.1, 0.15) is 11.3 Å². The van der Waals surface area contributed by atoms with Crippen LogP contribution >= 0.6 is 0 Å². The Bertz CT molecular complexity index is 1120. The van der Waals surface area contributed by atoms with Crippen LogP contribution in [0.5, 0.6) is 5.75 Å². The van der Waals surface area contributed by atoms with Crippen molar-refractivity contribution in [3.8, 4) is 17.0 Å². The molecule has 3 heterocycles. The van der Waals surface area contributed by atoms with E-state index in [9.17, 15) is 8.78 Å². The molecule has 0 bridgehead atoms. The van der Waals surface area contributed by atoms with Crippen LogP contribution in [0.25, 0.3) is 16.9 Å². The molecule has 0 aliphatic carbocycles. The molecule has 0 saturated carbocycles. The van der Waals surface area contributed by atoms with Crippen molar-refractivity contribution in [2.24, 2.45) is 7.05 Å². The lowest BCUT2D eigenvalue weighted by atomic mass is 10.0. The van der Waals surface area contributed by atoms with Crippen LogP contribution in [0, 0.1) is 11.6 Å². The molecule has 0 aliphatic heterocycles. The van der Waals surface area contributed by atoms with Crippen LogP contribution < -0.4 is 4.74 Å². The van der Waals surface area contributed by atoms with E-state index in [-0.39, 0.29) is 5.75 Å². The predicted octanol–water partition coefficient (Wildman–Crippen LogP) is 3.20. The van der Waals surface area contributed by atoms with Gasteiger partial charge in [-0.25, -0.2) is 8.78 Å². The minimum Gasteiger partial charge on any atom is -0.496 e. The number of fused-ring (bicyclic) bond motifs is 1. The van der Waals surface area contributed by atoms with Crippen LogP contribution in [-0.2, 0) is 19.9 Å². The van der Waals surface area contributed by atoms with Gasteiger partial charge in [-0.2, -0.15) is 5.10 Å². The van der Waals surface area contributed by atoms with Crippen LogP contribution in [-0.4, -0.2) is 31.5 Å². The van der Waals surface area contributed by atoms with Gasteiger partial charge in [0.1, 0.15) is 23.7 Å². The molecule has 0 unspecified atom stereocenters. The third kappa shape index (κ3) is 3.03. The lowest BCUT2D eigenvalue weighted by Gasteiger charge is -2.12. The molecule has 3 aromatic heterocycles. The SMILES string of the molecule is COc1cc(F)cc(F)c1CCc1ccc(-c2ccnn2C)c2nncn12. The molecule has 0 amide bonds. The van der Waals surface area contributed by atoms with E-state index in [2.05, 4.69) is 15.3 Å². The molecule has 8 heteroatoms. The molecule has 1 aromatic carbocycles. The van der Waals surface area contributed by atoms with Crippen LogP contribution in [0.3, 0.4) is 0 Å². The highest BCUT2D eigenvalue weighted by Gasteiger charge is 2.15. The van der Waals surface area contributed by atoms with Gasteiger partial charge >= 0.3 is 0 Å². The van der Waals surface area contributed by atoms with Crippen molar-refractivity contribution >= 4 is 5.65 Å². The van der Waals surface area contributed by atoms with Gasteiger partial charge in [-0.15, -0.1) is 10.2 Å². The van der Waals surface area contributed by atoms with E-state index in [4.69, 9.17) is 4.74 Å². The number of nitrogens with zero attached hydrogens (tertiary/aromatic N) is 5. The summed E-state index contributed by atoms with van der Waals surface area (Å²) in [5.74, 6) is -1.06. The Hall–Kier alpha value is -3.29. The Kier molecular flexibility index (Phi) is 4.31. The summed E-state index contributed by atoms with van der Waals surface area (Å²) in [6.45, 7) is 0. The number of pyridine rings is 1. The van der Waals surface area contributed by atoms with Crippen LogP contribution in [0.15, 0.2) is 42.9 Å². The molecule has 4 aromatic rings. The first kappa shape index (κ1) is 17.1. The second-order valence-corrected chi connectivity index (χ2v) is 6.17. The number of hydrogen-bond donors (Lipinski definition) is 0. The second-order valence-electron chi connectivity index (χ2n) is 6.17. The van der Waals surface area contributed by atoms with Crippen molar-refractivity contribution in [1.29, 1.82) is 0 Å². The molecule has 0 saturated heterocycles. The monoisotopic (exact) mass is 369 g/mol. The largest absolute Gasteiger partial charge is 0.496 e. The number of hydrogen-bond acceptors (Lipinski definition) is 4. The highest BCUT2D eigenvalue weighted by atomic mass is 19.1. The van der Waals surface area contributed by atoms with Gasteiger partial charge in [0.2, 0.25) is 0 Å². The molecule has 0 N–H and O–H groups in total. The molecular weight excluding hydrogens is 352 g/mol. The highest BCUT2D eigenvalue weighted by Crippen LogP contribution is 2.27. The van der Waals surface area contributed by atoms with Crippen LogP contribution in [0.2, 0.25) is 0 Å². The molecule has 0 aliphatic rings. The molecule has 0 fully saturated rings. The minimum atomic E-state index is -0.658. The topological polar surface area (TPSA) is 57.2 Å². The van der Waals surface area contributed by atoms with Crippen molar-refractivity contribution in [1.82, 2.24) is 24.4 Å². The zero-order chi connectivity index (χ0) is 19.0. The Morgan fingerprint density at radius 2 is 1.96 bits per heavy atom. The number of aryl methyl sites for hydroxylation is 2. The summed E-state index contributed by atoms with van der Waals surface area (Å²) >= 11 is 0. The van der Waals surface area contributed by atoms with E-state index in [1.54, 1.807) is 17.2 Å². The number of benzene rings is 1. The molecule has 0 atom stereocenters. The molecule has 4 rings (SSSR count). The first-order valence-electron chi connectivity index (χ1n) is 8.40. The maximum atomic E-state index is 14.2. The minimum absolute atomic E-state index is 0.207. The summed E-state index contributed by atoms with van der Waals surface area (Å²) in [6.07, 6.45) is 4.22. The van der Waals surface area contributed by atoms with Gasteiger partial charge < -0.3 is 4.74 Å². The number of rotatable bonds is 5. The smallest absolute Gasteiger partial charge is 0.170 e. The number of halogens is 2. The lowest BCUT2D eigenvalue weighted by Crippen LogP contribution is -2.04. The summed E-state index contributed by atoms with van der Waals surface area (Å²) in [6, 6.07) is 7.87. The zero-order valence-corrected chi connectivity index (χ0v) is 14.9. The summed E-state index contributed by atoms with van der Waals surface area (Å²) in [5.41, 5.74) is 3.78. The van der Waals surface area contributed by atoms with Gasteiger partial charge in [0.25, 0.3) is 0 Å². The summed E-state index contributed by atoms with van der Waals surface area (Å²) in [5, 5.41) is 12.4. The second kappa shape index (κ2) is 6.79. The lowest BCUT2D eigenvalue weighted by molar-refractivity contribution is 0.399. The normalized spacial score (nSPS) is 11.3. The standard InChI is InChI=1S/C19H17F2N5O/c1-25-17(7-8-23-25)15-6-4-13(26-11-22-24-19(15)26)3-5-14-16(21)9-12(20)10-18(14)27-2/h4,6-11H,3,5H2,1-2H3. The number of methoxy groups -OCH3 is 1. The molecular formula is C19H17F2N5O. The number of ether oxygens (including phenoxy) is 1. The fourth-order valence-electron chi connectivity index (χ4n) is 3.26. The van der Waals surface area contributed by atoms with E-state index < -0.39 is 11.6 Å². The molecule has 27 heavy (non-hydrogen) atoms. The Morgan fingerprint density at radius 1 is 1.11 bits per heavy atom. The molecule has 0 radical (unpaired) electrons. The van der Waals surface area contributed by atoms with Gasteiger partial charge in [0.05, 0.1) is 12.8 Å². The Labute approximate surface area is 154 Å². The highest BCUT2D eigenvalue weighted by molar-refractivity contribution is 5.75. The summed E-state index contributed by atoms with van der Waals surface area (Å²) in [7, 11) is 3.26. The third-order valence-electron chi connectivity index (χ3n) is 4.61. The van der Waals surface area contributed by atoms with E-state index in [1.807, 2.05) is 29.6 Å². The van der Waals surface area contributed by atoms with Crippen LogP contribution in [0.4, 0.5) is 8.78 Å². The average molecular weight is 369 g/mol. The van der Waals surface area contributed by atoms with Crippen molar-refractivity contribution < 1.29 is 13.5 Å². The third-order valence-corrected chi connectivity index (χ3v) is 4.61. The summed E-state index contributed by atoms with van der Waals surface area (Å²) in [4.78, 5) is 0. The van der Waals surface area contributed by atoms with Gasteiger partial charge in [-0.3, -0.25) is 9.08 Å².